The molecule has 1 aromatic heterocycles. The molecule has 3 rings (SSSR count). The van der Waals surface area contributed by atoms with Crippen molar-refractivity contribution in [1.29, 1.82) is 0 Å². The lowest BCUT2D eigenvalue weighted by atomic mass is 9.90. The smallest absolute Gasteiger partial charge is 0.265 e. The maximum atomic E-state index is 12.1. The number of nitrogens with zero attached hydrogens (tertiary/aromatic N) is 2. The summed E-state index contributed by atoms with van der Waals surface area (Å²) in [5.74, 6) is 1.56. The first-order valence-electron chi connectivity index (χ1n) is 7.49. The number of aromatic nitrogens is 2. The fourth-order valence-electron chi connectivity index (χ4n) is 3.70. The molecule has 1 aromatic rings. The van der Waals surface area contributed by atoms with Crippen molar-refractivity contribution in [3.8, 4) is 0 Å². The van der Waals surface area contributed by atoms with Crippen molar-refractivity contribution in [2.75, 3.05) is 7.05 Å². The lowest BCUT2D eigenvalue weighted by Gasteiger charge is -2.35. The van der Waals surface area contributed by atoms with Crippen LogP contribution >= 0.6 is 15.9 Å². The zero-order valence-electron chi connectivity index (χ0n) is 12.3. The van der Waals surface area contributed by atoms with Gasteiger partial charge in [-0.3, -0.25) is 4.79 Å². The van der Waals surface area contributed by atoms with Crippen LogP contribution in [-0.2, 0) is 0 Å². The van der Waals surface area contributed by atoms with E-state index in [1.165, 1.54) is 12.8 Å². The summed E-state index contributed by atoms with van der Waals surface area (Å²) >= 11 is 3.37. The molecule has 2 atom stereocenters. The van der Waals surface area contributed by atoms with E-state index in [9.17, 15) is 4.79 Å². The Hall–Kier alpha value is -0.680. The summed E-state index contributed by atoms with van der Waals surface area (Å²) < 4.78 is 0.590. The van der Waals surface area contributed by atoms with Gasteiger partial charge in [-0.15, -0.1) is 0 Å². The number of aromatic amines is 1. The lowest BCUT2D eigenvalue weighted by Crippen LogP contribution is -2.39. The molecule has 0 spiro atoms. The van der Waals surface area contributed by atoms with Gasteiger partial charge in [0.1, 0.15) is 10.3 Å². The summed E-state index contributed by atoms with van der Waals surface area (Å²) in [5, 5.41) is 0. The van der Waals surface area contributed by atoms with Crippen LogP contribution in [0, 0.1) is 0 Å². The Balaban J connectivity index is 1.93. The summed E-state index contributed by atoms with van der Waals surface area (Å²) in [6.07, 6.45) is 4.81. The number of piperidine rings is 1. The Morgan fingerprint density at radius 2 is 1.90 bits per heavy atom. The van der Waals surface area contributed by atoms with Crippen molar-refractivity contribution in [1.82, 2.24) is 14.9 Å². The molecule has 5 heteroatoms. The van der Waals surface area contributed by atoms with Crippen LogP contribution < -0.4 is 5.56 Å². The van der Waals surface area contributed by atoms with Gasteiger partial charge < -0.3 is 9.88 Å². The number of H-pyrrole nitrogens is 1. The topological polar surface area (TPSA) is 49.0 Å². The third-order valence-corrected chi connectivity index (χ3v) is 5.70. The third-order valence-electron chi connectivity index (χ3n) is 4.94. The largest absolute Gasteiger partial charge is 0.309 e. The normalized spacial score (nSPS) is 30.1. The zero-order chi connectivity index (χ0) is 14.4. The highest BCUT2D eigenvalue weighted by molar-refractivity contribution is 9.10. The van der Waals surface area contributed by atoms with Gasteiger partial charge in [0.25, 0.3) is 5.56 Å². The van der Waals surface area contributed by atoms with Gasteiger partial charge in [0, 0.05) is 18.0 Å². The van der Waals surface area contributed by atoms with Gasteiger partial charge in [-0.2, -0.15) is 0 Å². The Labute approximate surface area is 128 Å². The molecule has 3 heterocycles. The van der Waals surface area contributed by atoms with Gasteiger partial charge in [0.15, 0.2) is 0 Å². The Morgan fingerprint density at radius 3 is 2.45 bits per heavy atom. The predicted octanol–water partition coefficient (Wildman–Crippen LogP) is 3.00. The van der Waals surface area contributed by atoms with Crippen LogP contribution in [0.4, 0.5) is 0 Å². The molecule has 2 unspecified atom stereocenters. The second-order valence-corrected chi connectivity index (χ2v) is 7.32. The Bertz CT molecular complexity index is 555. The van der Waals surface area contributed by atoms with E-state index < -0.39 is 0 Å². The maximum Gasteiger partial charge on any atom is 0.265 e. The number of hydrogen-bond donors (Lipinski definition) is 1. The molecule has 1 N–H and O–H groups in total. The Morgan fingerprint density at radius 1 is 1.30 bits per heavy atom. The van der Waals surface area contributed by atoms with Gasteiger partial charge in [0.05, 0.1) is 5.69 Å². The standard InChI is InChI=1S/C15H22BrN3O/c1-8(2)13-12(16)15(20)18-14(17-13)9-6-10-4-5-11(7-9)19(10)3/h8-11H,4-7H2,1-3H3,(H,17,18,20). The van der Waals surface area contributed by atoms with Crippen molar-refractivity contribution in [3.63, 3.8) is 0 Å². The fraction of sp³-hybridized carbons (Fsp3) is 0.733. The molecule has 2 fully saturated rings. The predicted molar refractivity (Wildman–Crippen MR) is 83.2 cm³/mol. The number of fused-ring (bicyclic) bond motifs is 2. The van der Waals surface area contributed by atoms with E-state index in [0.29, 0.717) is 22.5 Å². The second-order valence-electron chi connectivity index (χ2n) is 6.52. The Kier molecular flexibility index (Phi) is 3.75. The highest BCUT2D eigenvalue weighted by Crippen LogP contribution is 2.41. The van der Waals surface area contributed by atoms with E-state index in [1.807, 2.05) is 0 Å². The minimum absolute atomic E-state index is 0.0371. The third kappa shape index (κ3) is 2.35. The molecule has 2 saturated heterocycles. The van der Waals surface area contributed by atoms with Crippen LogP contribution in [-0.4, -0.2) is 34.0 Å². The summed E-state index contributed by atoms with van der Waals surface area (Å²) in [6, 6.07) is 1.32. The first-order chi connectivity index (χ1) is 9.47. The van der Waals surface area contributed by atoms with Crippen molar-refractivity contribution in [2.24, 2.45) is 0 Å². The number of rotatable bonds is 2. The molecule has 2 bridgehead atoms. The van der Waals surface area contributed by atoms with E-state index in [0.717, 1.165) is 24.4 Å². The van der Waals surface area contributed by atoms with Crippen molar-refractivity contribution >= 4 is 15.9 Å². The van der Waals surface area contributed by atoms with E-state index >= 15 is 0 Å². The minimum Gasteiger partial charge on any atom is -0.309 e. The zero-order valence-corrected chi connectivity index (χ0v) is 13.9. The van der Waals surface area contributed by atoms with Crippen molar-refractivity contribution in [3.05, 3.63) is 26.3 Å². The molecule has 0 aliphatic carbocycles. The molecule has 4 nitrogen and oxygen atoms in total. The number of halogens is 1. The van der Waals surface area contributed by atoms with Gasteiger partial charge in [-0.1, -0.05) is 13.8 Å². The highest BCUT2D eigenvalue weighted by Gasteiger charge is 2.39. The average Bonchev–Trinajstić information content (AvgIpc) is 2.64. The molecule has 2 aliphatic heterocycles. The first-order valence-corrected chi connectivity index (χ1v) is 8.28. The van der Waals surface area contributed by atoms with Crippen LogP contribution in [0.1, 0.15) is 62.9 Å². The van der Waals surface area contributed by atoms with Gasteiger partial charge in [0.2, 0.25) is 0 Å². The van der Waals surface area contributed by atoms with E-state index in [2.05, 4.69) is 46.7 Å². The summed E-state index contributed by atoms with van der Waals surface area (Å²) in [4.78, 5) is 22.4. The van der Waals surface area contributed by atoms with Crippen LogP contribution in [0.3, 0.4) is 0 Å². The van der Waals surface area contributed by atoms with Gasteiger partial charge in [-0.25, -0.2) is 4.98 Å². The first kappa shape index (κ1) is 14.3. The molecule has 0 aromatic carbocycles. The van der Waals surface area contributed by atoms with Crippen LogP contribution in [0.25, 0.3) is 0 Å². The monoisotopic (exact) mass is 339 g/mol. The van der Waals surface area contributed by atoms with Crippen molar-refractivity contribution < 1.29 is 0 Å². The summed E-state index contributed by atoms with van der Waals surface area (Å²) in [6.45, 7) is 4.16. The molecule has 0 amide bonds. The lowest BCUT2D eigenvalue weighted by molar-refractivity contribution is 0.158. The van der Waals surface area contributed by atoms with Gasteiger partial charge >= 0.3 is 0 Å². The maximum absolute atomic E-state index is 12.1. The average molecular weight is 340 g/mol. The van der Waals surface area contributed by atoms with Crippen LogP contribution in [0.5, 0.6) is 0 Å². The van der Waals surface area contributed by atoms with Crippen molar-refractivity contribution in [2.45, 2.75) is 63.5 Å². The summed E-state index contributed by atoms with van der Waals surface area (Å²) in [7, 11) is 2.23. The minimum atomic E-state index is -0.0371. The van der Waals surface area contributed by atoms with Gasteiger partial charge in [-0.05, 0) is 54.6 Å². The molecule has 0 saturated carbocycles. The fourth-order valence-corrected chi connectivity index (χ4v) is 4.35. The quantitative estimate of drug-likeness (QED) is 0.900. The van der Waals surface area contributed by atoms with E-state index in [1.54, 1.807) is 0 Å². The molecule has 110 valence electrons. The molecule has 2 aliphatic rings. The molecule has 20 heavy (non-hydrogen) atoms. The number of hydrogen-bond acceptors (Lipinski definition) is 3. The van der Waals surface area contributed by atoms with E-state index in [-0.39, 0.29) is 11.5 Å². The van der Waals surface area contributed by atoms with Crippen LogP contribution in [0.2, 0.25) is 0 Å². The van der Waals surface area contributed by atoms with Crippen LogP contribution in [0.15, 0.2) is 9.27 Å². The molecule has 0 radical (unpaired) electrons. The summed E-state index contributed by atoms with van der Waals surface area (Å²) in [5.41, 5.74) is 0.847. The highest BCUT2D eigenvalue weighted by atomic mass is 79.9. The second kappa shape index (κ2) is 5.26. The molecular weight excluding hydrogens is 318 g/mol. The number of nitrogens with one attached hydrogen (secondary N) is 1. The van der Waals surface area contributed by atoms with E-state index in [4.69, 9.17) is 4.98 Å². The SMILES string of the molecule is CC(C)c1nc(C2CC3CCC(C2)N3C)[nH]c(=O)c1Br. The molecular formula is C15H22BrN3O.